The third kappa shape index (κ3) is 4.05. The van der Waals surface area contributed by atoms with Crippen molar-refractivity contribution in [2.75, 3.05) is 26.0 Å². The Kier molecular flexibility index (Phi) is 5.94. The summed E-state index contributed by atoms with van der Waals surface area (Å²) in [7, 11) is 0. The van der Waals surface area contributed by atoms with Gasteiger partial charge >= 0.3 is 0 Å². The molecule has 1 aromatic heterocycles. The van der Waals surface area contributed by atoms with Gasteiger partial charge in [0.05, 0.1) is 16.8 Å². The molecule has 0 unspecified atom stereocenters. The fourth-order valence-electron chi connectivity index (χ4n) is 3.62. The van der Waals surface area contributed by atoms with Crippen molar-refractivity contribution in [1.82, 2.24) is 14.5 Å². The molecule has 4 rings (SSSR count). The maximum absolute atomic E-state index is 13.2. The van der Waals surface area contributed by atoms with Crippen molar-refractivity contribution in [2.45, 2.75) is 25.8 Å². The topological polar surface area (TPSA) is 56.6 Å². The second-order valence-electron chi connectivity index (χ2n) is 6.89. The molecule has 0 spiro atoms. The average Bonchev–Trinajstić information content (AvgIpc) is 3.09. The Hall–Kier alpha value is -2.67. The summed E-state index contributed by atoms with van der Waals surface area (Å²) in [6, 6.07) is 13.8. The molecule has 0 saturated carbocycles. The van der Waals surface area contributed by atoms with E-state index >= 15 is 0 Å². The van der Waals surface area contributed by atoms with E-state index in [4.69, 9.17) is 14.5 Å². The minimum absolute atomic E-state index is 0.0623. The first-order valence-corrected chi connectivity index (χ1v) is 11.2. The summed E-state index contributed by atoms with van der Waals surface area (Å²) in [6.45, 7) is 4.47. The number of hydrogen-bond donors (Lipinski definition) is 0. The summed E-state index contributed by atoms with van der Waals surface area (Å²) in [5.74, 6) is 3.26. The number of imidazole rings is 1. The van der Waals surface area contributed by atoms with Crippen molar-refractivity contribution in [1.29, 1.82) is 0 Å². The normalized spacial score (nSPS) is 12.9. The molecule has 2 heterocycles. The van der Waals surface area contributed by atoms with Crippen LogP contribution in [-0.2, 0) is 23.6 Å². The Labute approximate surface area is 174 Å². The molecular formula is C22H25N3O3S. The highest BCUT2D eigenvalue weighted by Gasteiger charge is 2.21. The van der Waals surface area contributed by atoms with Crippen LogP contribution in [-0.4, -0.2) is 46.4 Å². The van der Waals surface area contributed by atoms with Crippen molar-refractivity contribution < 1.29 is 14.3 Å². The fourth-order valence-corrected chi connectivity index (χ4v) is 4.10. The Morgan fingerprint density at radius 1 is 1.17 bits per heavy atom. The summed E-state index contributed by atoms with van der Waals surface area (Å²) >= 11 is 1.70. The number of ether oxygens (including phenoxy) is 2. The van der Waals surface area contributed by atoms with Gasteiger partial charge in [-0.2, -0.15) is 11.8 Å². The van der Waals surface area contributed by atoms with Crippen molar-refractivity contribution in [3.05, 3.63) is 53.9 Å². The fraction of sp³-hybridized carbons (Fsp3) is 0.364. The Balaban J connectivity index is 1.58. The Morgan fingerprint density at radius 3 is 2.83 bits per heavy atom. The Bertz CT molecular complexity index is 1020. The molecule has 0 atom stereocenters. The van der Waals surface area contributed by atoms with Gasteiger partial charge in [-0.05, 0) is 31.4 Å². The summed E-state index contributed by atoms with van der Waals surface area (Å²) in [5, 5.41) is 0. The van der Waals surface area contributed by atoms with Crippen LogP contribution >= 0.6 is 11.8 Å². The first-order chi connectivity index (χ1) is 14.2. The number of carbonyl (C=O) groups is 1. The molecule has 1 aliphatic rings. The number of benzene rings is 2. The van der Waals surface area contributed by atoms with Crippen molar-refractivity contribution in [2.24, 2.45) is 0 Å². The summed E-state index contributed by atoms with van der Waals surface area (Å²) in [4.78, 5) is 19.8. The predicted octanol–water partition coefficient (Wildman–Crippen LogP) is 3.72. The van der Waals surface area contributed by atoms with Gasteiger partial charge in [-0.3, -0.25) is 4.79 Å². The largest absolute Gasteiger partial charge is 0.486 e. The van der Waals surface area contributed by atoms with Gasteiger partial charge in [0.15, 0.2) is 11.5 Å². The maximum atomic E-state index is 13.2. The molecule has 3 aromatic rings. The summed E-state index contributed by atoms with van der Waals surface area (Å²) in [6.07, 6.45) is 2.05. The molecule has 29 heavy (non-hydrogen) atoms. The lowest BCUT2D eigenvalue weighted by Crippen LogP contribution is -2.34. The summed E-state index contributed by atoms with van der Waals surface area (Å²) < 4.78 is 13.5. The molecule has 0 aliphatic carbocycles. The monoisotopic (exact) mass is 411 g/mol. The van der Waals surface area contributed by atoms with Crippen LogP contribution in [0.15, 0.2) is 42.5 Å². The van der Waals surface area contributed by atoms with E-state index in [0.717, 1.165) is 39.7 Å². The van der Waals surface area contributed by atoms with Crippen LogP contribution in [0.2, 0.25) is 0 Å². The van der Waals surface area contributed by atoms with E-state index < -0.39 is 0 Å². The number of para-hydroxylation sites is 3. The number of likely N-dealkylation sites (N-methyl/N-ethyl adjacent to an activating group) is 1. The lowest BCUT2D eigenvalue weighted by Gasteiger charge is -2.26. The second-order valence-corrected chi connectivity index (χ2v) is 7.75. The number of fused-ring (bicyclic) bond motifs is 2. The molecule has 0 bridgehead atoms. The van der Waals surface area contributed by atoms with Gasteiger partial charge in [0, 0.05) is 18.7 Å². The number of rotatable bonds is 7. The van der Waals surface area contributed by atoms with Crippen LogP contribution in [0, 0.1) is 0 Å². The van der Waals surface area contributed by atoms with Crippen molar-refractivity contribution in [3.8, 4) is 11.5 Å². The van der Waals surface area contributed by atoms with E-state index in [1.165, 1.54) is 0 Å². The third-order valence-corrected chi connectivity index (χ3v) is 5.59. The molecule has 1 amide bonds. The van der Waals surface area contributed by atoms with Gasteiger partial charge in [-0.15, -0.1) is 0 Å². The molecule has 7 heteroatoms. The zero-order valence-corrected chi connectivity index (χ0v) is 17.6. The highest BCUT2D eigenvalue weighted by atomic mass is 32.2. The molecule has 0 N–H and O–H groups in total. The van der Waals surface area contributed by atoms with Crippen molar-refractivity contribution in [3.63, 3.8) is 0 Å². The van der Waals surface area contributed by atoms with Crippen LogP contribution in [0.5, 0.6) is 11.5 Å². The maximum Gasteiger partial charge on any atom is 0.242 e. The molecular weight excluding hydrogens is 386 g/mol. The minimum Gasteiger partial charge on any atom is -0.486 e. The van der Waals surface area contributed by atoms with Gasteiger partial charge in [-0.1, -0.05) is 24.3 Å². The quantitative estimate of drug-likeness (QED) is 0.593. The number of carbonyl (C=O) groups excluding carboxylic acids is 1. The SMILES string of the molecule is CCN(Cc1cccc2c1OCCO2)C(=O)Cn1c(CSC)nc2ccccc21. The number of aromatic nitrogens is 2. The van der Waals surface area contributed by atoms with Crippen LogP contribution in [0.4, 0.5) is 0 Å². The zero-order chi connectivity index (χ0) is 20.2. The first kappa shape index (κ1) is 19.6. The molecule has 1 aliphatic heterocycles. The smallest absolute Gasteiger partial charge is 0.242 e. The molecule has 0 saturated heterocycles. The van der Waals surface area contributed by atoms with E-state index in [1.807, 2.05) is 65.1 Å². The molecule has 0 radical (unpaired) electrons. The lowest BCUT2D eigenvalue weighted by molar-refractivity contribution is -0.132. The number of nitrogens with zero attached hydrogens (tertiary/aromatic N) is 3. The average molecular weight is 412 g/mol. The van der Waals surface area contributed by atoms with Crippen LogP contribution in [0.1, 0.15) is 18.3 Å². The zero-order valence-electron chi connectivity index (χ0n) is 16.8. The van der Waals surface area contributed by atoms with Crippen LogP contribution in [0.25, 0.3) is 11.0 Å². The van der Waals surface area contributed by atoms with Crippen LogP contribution in [0.3, 0.4) is 0 Å². The van der Waals surface area contributed by atoms with E-state index in [9.17, 15) is 4.79 Å². The molecule has 0 fully saturated rings. The van der Waals surface area contributed by atoms with Gasteiger partial charge in [-0.25, -0.2) is 4.98 Å². The molecule has 152 valence electrons. The van der Waals surface area contributed by atoms with Gasteiger partial charge in [0.25, 0.3) is 0 Å². The van der Waals surface area contributed by atoms with E-state index in [1.54, 1.807) is 11.8 Å². The third-order valence-electron chi connectivity index (χ3n) is 5.04. The van der Waals surface area contributed by atoms with Gasteiger partial charge < -0.3 is 18.9 Å². The van der Waals surface area contributed by atoms with E-state index in [2.05, 4.69) is 0 Å². The minimum atomic E-state index is 0.0623. The standard InChI is InChI=1S/C22H25N3O3S/c1-3-24(13-16-7-6-10-19-22(16)28-12-11-27-19)21(26)14-25-18-9-5-4-8-17(18)23-20(25)15-29-2/h4-10H,3,11-15H2,1-2H3. The van der Waals surface area contributed by atoms with Gasteiger partial charge in [0.1, 0.15) is 25.6 Å². The highest BCUT2D eigenvalue weighted by Crippen LogP contribution is 2.34. The Morgan fingerprint density at radius 2 is 2.00 bits per heavy atom. The number of hydrogen-bond acceptors (Lipinski definition) is 5. The molecule has 6 nitrogen and oxygen atoms in total. The predicted molar refractivity (Wildman–Crippen MR) is 115 cm³/mol. The number of amides is 1. The molecule has 2 aromatic carbocycles. The first-order valence-electron chi connectivity index (χ1n) is 9.79. The highest BCUT2D eigenvalue weighted by molar-refractivity contribution is 7.97. The van der Waals surface area contributed by atoms with Crippen molar-refractivity contribution >= 4 is 28.7 Å². The van der Waals surface area contributed by atoms with Crippen LogP contribution < -0.4 is 9.47 Å². The van der Waals surface area contributed by atoms with Gasteiger partial charge in [0.2, 0.25) is 5.91 Å². The van der Waals surface area contributed by atoms with E-state index in [-0.39, 0.29) is 12.5 Å². The lowest BCUT2D eigenvalue weighted by atomic mass is 10.1. The summed E-state index contributed by atoms with van der Waals surface area (Å²) in [5.41, 5.74) is 2.89. The second kappa shape index (κ2) is 8.78. The van der Waals surface area contributed by atoms with E-state index in [0.29, 0.717) is 26.3 Å². The number of thioether (sulfide) groups is 1.